The van der Waals surface area contributed by atoms with Crippen molar-refractivity contribution in [3.63, 3.8) is 0 Å². The van der Waals surface area contributed by atoms with Crippen LogP contribution in [0.2, 0.25) is 0 Å². The molecule has 0 atom stereocenters. The Labute approximate surface area is 127 Å². The highest BCUT2D eigenvalue weighted by Gasteiger charge is 2.10. The monoisotopic (exact) mass is 297 g/mol. The summed E-state index contributed by atoms with van der Waals surface area (Å²) >= 11 is 0. The second kappa shape index (κ2) is 5.52. The van der Waals surface area contributed by atoms with Gasteiger partial charge < -0.3 is 15.2 Å². The summed E-state index contributed by atoms with van der Waals surface area (Å²) in [4.78, 5) is 17.2. The first-order valence-corrected chi connectivity index (χ1v) is 6.90. The number of nitrogens with zero attached hydrogens (tertiary/aromatic N) is 1. The van der Waals surface area contributed by atoms with E-state index >= 15 is 0 Å². The lowest BCUT2D eigenvalue weighted by Crippen LogP contribution is -2.12. The number of nitrogens with one attached hydrogen (secondary N) is 2. The van der Waals surface area contributed by atoms with Crippen LogP contribution < -0.4 is 10.2 Å². The van der Waals surface area contributed by atoms with Gasteiger partial charge in [0, 0.05) is 36.4 Å². The second-order valence-electron chi connectivity index (χ2n) is 5.31. The molecular weight excluding hydrogens is 281 g/mol. The number of hydrogen-bond donors (Lipinski definition) is 2. The molecule has 0 aliphatic carbocycles. The Balaban J connectivity index is 1.80. The van der Waals surface area contributed by atoms with E-state index < -0.39 is 0 Å². The fourth-order valence-electron chi connectivity index (χ4n) is 2.27. The van der Waals surface area contributed by atoms with Gasteiger partial charge in [-0.2, -0.15) is 0 Å². The number of carbonyl (C=O) groups is 1. The van der Waals surface area contributed by atoms with Crippen molar-refractivity contribution in [1.29, 1.82) is 0 Å². The molecule has 1 amide bonds. The van der Waals surface area contributed by atoms with Crippen LogP contribution in [0.4, 0.5) is 15.8 Å². The van der Waals surface area contributed by atoms with E-state index in [1.807, 2.05) is 43.3 Å². The summed E-state index contributed by atoms with van der Waals surface area (Å²) in [6.45, 7) is 0. The average Bonchev–Trinajstić information content (AvgIpc) is 2.91. The van der Waals surface area contributed by atoms with E-state index in [4.69, 9.17) is 0 Å². The third-order valence-electron chi connectivity index (χ3n) is 3.47. The van der Waals surface area contributed by atoms with Crippen LogP contribution in [0.5, 0.6) is 0 Å². The molecule has 0 aliphatic rings. The molecule has 0 unspecified atom stereocenters. The zero-order valence-corrected chi connectivity index (χ0v) is 12.4. The van der Waals surface area contributed by atoms with Gasteiger partial charge in [0.05, 0.1) is 0 Å². The lowest BCUT2D eigenvalue weighted by Gasteiger charge is -2.12. The van der Waals surface area contributed by atoms with Gasteiger partial charge >= 0.3 is 0 Å². The molecule has 5 heteroatoms. The van der Waals surface area contributed by atoms with Gasteiger partial charge in [-0.15, -0.1) is 0 Å². The van der Waals surface area contributed by atoms with E-state index in [-0.39, 0.29) is 11.7 Å². The number of amides is 1. The van der Waals surface area contributed by atoms with E-state index in [1.165, 1.54) is 12.1 Å². The summed E-state index contributed by atoms with van der Waals surface area (Å²) in [5.74, 6) is -0.577. The molecule has 1 heterocycles. The average molecular weight is 297 g/mol. The van der Waals surface area contributed by atoms with Crippen molar-refractivity contribution >= 4 is 28.2 Å². The van der Waals surface area contributed by atoms with Gasteiger partial charge in [-0.05, 0) is 48.5 Å². The first kappa shape index (κ1) is 14.1. The molecule has 0 aliphatic heterocycles. The highest BCUT2D eigenvalue weighted by Crippen LogP contribution is 2.19. The zero-order valence-electron chi connectivity index (χ0n) is 12.4. The lowest BCUT2D eigenvalue weighted by molar-refractivity contribution is 0.102. The molecule has 0 radical (unpaired) electrons. The molecule has 0 bridgehead atoms. The maximum atomic E-state index is 13.2. The molecule has 2 aromatic carbocycles. The van der Waals surface area contributed by atoms with Crippen molar-refractivity contribution in [2.45, 2.75) is 0 Å². The number of halogens is 1. The maximum absolute atomic E-state index is 13.2. The van der Waals surface area contributed by atoms with Crippen molar-refractivity contribution in [2.75, 3.05) is 24.3 Å². The number of anilines is 2. The topological polar surface area (TPSA) is 48.1 Å². The first-order valence-electron chi connectivity index (χ1n) is 6.90. The van der Waals surface area contributed by atoms with E-state index in [9.17, 15) is 9.18 Å². The van der Waals surface area contributed by atoms with Gasteiger partial charge in [-0.1, -0.05) is 0 Å². The Bertz CT molecular complexity index is 822. The molecular formula is C17H16FN3O. The van der Waals surface area contributed by atoms with Crippen LogP contribution in [0, 0.1) is 5.82 Å². The van der Waals surface area contributed by atoms with Crippen LogP contribution in [0.1, 0.15) is 10.5 Å². The van der Waals surface area contributed by atoms with Crippen LogP contribution in [-0.2, 0) is 0 Å². The Hall–Kier alpha value is -2.82. The van der Waals surface area contributed by atoms with Gasteiger partial charge in [-0.3, -0.25) is 4.79 Å². The number of fused-ring (bicyclic) bond motifs is 1. The quantitative estimate of drug-likeness (QED) is 0.775. The van der Waals surface area contributed by atoms with E-state index in [1.54, 1.807) is 12.1 Å². The van der Waals surface area contributed by atoms with Gasteiger partial charge in [0.25, 0.3) is 5.91 Å². The van der Waals surface area contributed by atoms with Crippen LogP contribution in [-0.4, -0.2) is 25.0 Å². The van der Waals surface area contributed by atoms with Gasteiger partial charge in [0.1, 0.15) is 11.5 Å². The number of aromatic nitrogens is 1. The number of hydrogen-bond acceptors (Lipinski definition) is 2. The van der Waals surface area contributed by atoms with Gasteiger partial charge in [0.15, 0.2) is 0 Å². The summed E-state index contributed by atoms with van der Waals surface area (Å²) < 4.78 is 13.2. The molecule has 0 saturated carbocycles. The van der Waals surface area contributed by atoms with E-state index in [2.05, 4.69) is 10.3 Å². The largest absolute Gasteiger partial charge is 0.378 e. The lowest BCUT2D eigenvalue weighted by atomic mass is 10.2. The van der Waals surface area contributed by atoms with Gasteiger partial charge in [0.2, 0.25) is 0 Å². The summed E-state index contributed by atoms with van der Waals surface area (Å²) in [7, 11) is 3.91. The fraction of sp³-hybridized carbons (Fsp3) is 0.118. The maximum Gasteiger partial charge on any atom is 0.272 e. The number of rotatable bonds is 3. The highest BCUT2D eigenvalue weighted by atomic mass is 19.1. The number of carbonyl (C=O) groups excluding carboxylic acids is 1. The summed E-state index contributed by atoms with van der Waals surface area (Å²) in [5.41, 5.74) is 2.89. The molecule has 0 saturated heterocycles. The van der Waals surface area contributed by atoms with Gasteiger partial charge in [-0.25, -0.2) is 4.39 Å². The third kappa shape index (κ3) is 2.79. The van der Waals surface area contributed by atoms with Crippen molar-refractivity contribution in [3.05, 3.63) is 60.0 Å². The molecule has 3 rings (SSSR count). The predicted octanol–water partition coefficient (Wildman–Crippen LogP) is 3.63. The van der Waals surface area contributed by atoms with Crippen LogP contribution in [0.15, 0.2) is 48.5 Å². The molecule has 3 aromatic rings. The number of benzene rings is 2. The Morgan fingerprint density at radius 1 is 1.09 bits per heavy atom. The molecule has 4 nitrogen and oxygen atoms in total. The summed E-state index contributed by atoms with van der Waals surface area (Å²) in [6.07, 6.45) is 0. The second-order valence-corrected chi connectivity index (χ2v) is 5.31. The molecule has 2 N–H and O–H groups in total. The zero-order chi connectivity index (χ0) is 15.7. The van der Waals surface area contributed by atoms with Crippen molar-refractivity contribution in [3.8, 4) is 0 Å². The van der Waals surface area contributed by atoms with E-state index in [0.717, 1.165) is 11.2 Å². The van der Waals surface area contributed by atoms with E-state index in [0.29, 0.717) is 16.8 Å². The third-order valence-corrected chi connectivity index (χ3v) is 3.47. The fourth-order valence-corrected chi connectivity index (χ4v) is 2.27. The molecule has 0 spiro atoms. The standard InChI is InChI=1S/C17H16FN3O/c1-21(2)14-6-4-13(5-7-14)19-17(22)16-10-11-9-12(18)3-8-15(11)20-16/h3-10,20H,1-2H3,(H,19,22). The summed E-state index contributed by atoms with van der Waals surface area (Å²) in [5, 5.41) is 3.49. The minimum Gasteiger partial charge on any atom is -0.378 e. The van der Waals surface area contributed by atoms with Crippen molar-refractivity contribution in [2.24, 2.45) is 0 Å². The Morgan fingerprint density at radius 3 is 2.50 bits per heavy atom. The van der Waals surface area contributed by atoms with Crippen molar-refractivity contribution in [1.82, 2.24) is 4.98 Å². The predicted molar refractivity (Wildman–Crippen MR) is 87.0 cm³/mol. The highest BCUT2D eigenvalue weighted by molar-refractivity contribution is 6.05. The Kier molecular flexibility index (Phi) is 3.55. The number of aromatic amines is 1. The van der Waals surface area contributed by atoms with Crippen molar-refractivity contribution < 1.29 is 9.18 Å². The molecule has 22 heavy (non-hydrogen) atoms. The Morgan fingerprint density at radius 2 is 1.82 bits per heavy atom. The van der Waals surface area contributed by atoms with Crippen LogP contribution in [0.3, 0.4) is 0 Å². The van der Waals surface area contributed by atoms with Crippen LogP contribution >= 0.6 is 0 Å². The minimum atomic E-state index is -0.322. The van der Waals surface area contributed by atoms with Crippen LogP contribution in [0.25, 0.3) is 10.9 Å². The molecule has 1 aromatic heterocycles. The SMILES string of the molecule is CN(C)c1ccc(NC(=O)c2cc3cc(F)ccc3[nH]2)cc1. The smallest absolute Gasteiger partial charge is 0.272 e. The normalized spacial score (nSPS) is 10.7. The number of H-pyrrole nitrogens is 1. The minimum absolute atomic E-state index is 0.255. The molecule has 112 valence electrons. The first-order chi connectivity index (χ1) is 10.5. The summed E-state index contributed by atoms with van der Waals surface area (Å²) in [6, 6.07) is 13.6. The molecule has 0 fully saturated rings.